The van der Waals surface area contributed by atoms with E-state index in [1.807, 2.05) is 0 Å². The molecule has 0 bridgehead atoms. The third kappa shape index (κ3) is 4.21. The maximum Gasteiger partial charge on any atom is 0.00509 e. The van der Waals surface area contributed by atoms with Gasteiger partial charge < -0.3 is 5.73 Å². The Bertz CT molecular complexity index is 526. The normalized spacial score (nSPS) is 12.3. The molecule has 0 aliphatic heterocycles. The molecule has 0 aromatic heterocycles. The van der Waals surface area contributed by atoms with E-state index < -0.39 is 0 Å². The third-order valence-electron chi connectivity index (χ3n) is 3.59. The van der Waals surface area contributed by atoms with Crippen LogP contribution in [-0.4, -0.2) is 6.04 Å². The van der Waals surface area contributed by atoms with Gasteiger partial charge in [0.05, 0.1) is 0 Å². The summed E-state index contributed by atoms with van der Waals surface area (Å²) in [6, 6.07) is 17.9. The second kappa shape index (κ2) is 7.25. The molecule has 1 unspecified atom stereocenters. The largest absolute Gasteiger partial charge is 0.328 e. The van der Waals surface area contributed by atoms with E-state index in [1.54, 1.807) is 0 Å². The van der Waals surface area contributed by atoms with Crippen LogP contribution in [0.1, 0.15) is 37.8 Å². The fourth-order valence-corrected chi connectivity index (χ4v) is 2.49. The fourth-order valence-electron chi connectivity index (χ4n) is 2.49. The van der Waals surface area contributed by atoms with Gasteiger partial charge in [-0.05, 0) is 48.4 Å². The molecular formula is C19H25N. The topological polar surface area (TPSA) is 26.0 Å². The van der Waals surface area contributed by atoms with Gasteiger partial charge >= 0.3 is 0 Å². The number of hydrogen-bond donors (Lipinski definition) is 1. The molecule has 2 rings (SSSR count). The quantitative estimate of drug-likeness (QED) is 0.814. The molecule has 0 radical (unpaired) electrons. The van der Waals surface area contributed by atoms with Gasteiger partial charge in [-0.2, -0.15) is 0 Å². The minimum Gasteiger partial charge on any atom is -0.328 e. The minimum atomic E-state index is 0.210. The summed E-state index contributed by atoms with van der Waals surface area (Å²) >= 11 is 0. The zero-order valence-corrected chi connectivity index (χ0v) is 12.6. The van der Waals surface area contributed by atoms with Crippen molar-refractivity contribution >= 4 is 0 Å². The smallest absolute Gasteiger partial charge is 0.00509 e. The summed E-state index contributed by atoms with van der Waals surface area (Å²) in [7, 11) is 0. The Morgan fingerprint density at radius 3 is 2.35 bits per heavy atom. The average Bonchev–Trinajstić information content (AvgIpc) is 2.45. The monoisotopic (exact) mass is 267 g/mol. The highest BCUT2D eigenvalue weighted by molar-refractivity contribution is 5.64. The van der Waals surface area contributed by atoms with Crippen molar-refractivity contribution in [2.75, 3.05) is 0 Å². The van der Waals surface area contributed by atoms with Crippen LogP contribution in [0.25, 0.3) is 11.1 Å². The molecule has 1 atom stereocenters. The highest BCUT2D eigenvalue weighted by atomic mass is 14.6. The molecule has 0 saturated heterocycles. The molecule has 1 nitrogen and oxygen atoms in total. The molecular weight excluding hydrogens is 242 g/mol. The summed E-state index contributed by atoms with van der Waals surface area (Å²) in [4.78, 5) is 0. The Labute approximate surface area is 122 Å². The van der Waals surface area contributed by atoms with Gasteiger partial charge in [0, 0.05) is 6.04 Å². The maximum absolute atomic E-state index is 5.88. The molecule has 0 amide bonds. The molecule has 20 heavy (non-hydrogen) atoms. The van der Waals surface area contributed by atoms with E-state index >= 15 is 0 Å². The van der Waals surface area contributed by atoms with E-state index in [0.717, 1.165) is 6.42 Å². The second-order valence-corrected chi connectivity index (χ2v) is 5.68. The molecule has 0 fully saturated rings. The molecule has 2 aromatic carbocycles. The first-order chi connectivity index (χ1) is 9.69. The molecule has 0 spiro atoms. The lowest BCUT2D eigenvalue weighted by atomic mass is 9.98. The van der Waals surface area contributed by atoms with Crippen LogP contribution in [0.2, 0.25) is 0 Å². The minimum absolute atomic E-state index is 0.210. The number of unbranched alkanes of at least 4 members (excludes halogenated alkanes) is 1. The van der Waals surface area contributed by atoms with Gasteiger partial charge in [0.2, 0.25) is 0 Å². The van der Waals surface area contributed by atoms with Gasteiger partial charge in [-0.15, -0.1) is 0 Å². The number of hydrogen-bond acceptors (Lipinski definition) is 1. The zero-order chi connectivity index (χ0) is 14.4. The van der Waals surface area contributed by atoms with Gasteiger partial charge in [-0.1, -0.05) is 61.9 Å². The van der Waals surface area contributed by atoms with E-state index in [-0.39, 0.29) is 6.04 Å². The van der Waals surface area contributed by atoms with Gasteiger partial charge in [-0.25, -0.2) is 0 Å². The van der Waals surface area contributed by atoms with Crippen molar-refractivity contribution in [2.24, 2.45) is 5.73 Å². The van der Waals surface area contributed by atoms with Crippen LogP contribution < -0.4 is 5.73 Å². The first-order valence-corrected chi connectivity index (χ1v) is 7.63. The molecule has 0 saturated carbocycles. The van der Waals surface area contributed by atoms with Crippen LogP contribution in [-0.2, 0) is 12.8 Å². The van der Waals surface area contributed by atoms with Crippen molar-refractivity contribution < 1.29 is 0 Å². The Morgan fingerprint density at radius 2 is 1.70 bits per heavy atom. The van der Waals surface area contributed by atoms with Crippen LogP contribution in [0, 0.1) is 0 Å². The summed E-state index contributed by atoms with van der Waals surface area (Å²) in [6.07, 6.45) is 4.63. The maximum atomic E-state index is 5.88. The third-order valence-corrected chi connectivity index (χ3v) is 3.59. The highest BCUT2D eigenvalue weighted by Gasteiger charge is 2.02. The molecule has 2 aromatic rings. The number of benzene rings is 2. The van der Waals surface area contributed by atoms with E-state index in [0.29, 0.717) is 0 Å². The van der Waals surface area contributed by atoms with Gasteiger partial charge in [0.15, 0.2) is 0 Å². The summed E-state index contributed by atoms with van der Waals surface area (Å²) in [6.45, 7) is 4.29. The van der Waals surface area contributed by atoms with E-state index in [9.17, 15) is 0 Å². The second-order valence-electron chi connectivity index (χ2n) is 5.68. The first-order valence-electron chi connectivity index (χ1n) is 7.63. The van der Waals surface area contributed by atoms with Crippen LogP contribution in [0.3, 0.4) is 0 Å². The Kier molecular flexibility index (Phi) is 5.37. The van der Waals surface area contributed by atoms with E-state index in [4.69, 9.17) is 5.73 Å². The standard InChI is InChI=1S/C19H25N/c1-3-4-6-16-9-11-18(12-10-16)19-8-5-7-17(14-19)13-15(2)20/h5,7-12,14-15H,3-4,6,13,20H2,1-2H3. The van der Waals surface area contributed by atoms with Crippen molar-refractivity contribution in [3.63, 3.8) is 0 Å². The number of nitrogens with two attached hydrogens (primary N) is 1. The van der Waals surface area contributed by atoms with Crippen molar-refractivity contribution in [3.05, 3.63) is 59.7 Å². The molecule has 2 N–H and O–H groups in total. The van der Waals surface area contributed by atoms with Gasteiger partial charge in [-0.3, -0.25) is 0 Å². The molecule has 0 aliphatic carbocycles. The van der Waals surface area contributed by atoms with Crippen molar-refractivity contribution in [3.8, 4) is 11.1 Å². The zero-order valence-electron chi connectivity index (χ0n) is 12.6. The van der Waals surface area contributed by atoms with Gasteiger partial charge in [0.25, 0.3) is 0 Å². The fraction of sp³-hybridized carbons (Fsp3) is 0.368. The lowest BCUT2D eigenvalue weighted by Crippen LogP contribution is -2.17. The highest BCUT2D eigenvalue weighted by Crippen LogP contribution is 2.22. The Hall–Kier alpha value is -1.60. The van der Waals surface area contributed by atoms with Crippen LogP contribution in [0.5, 0.6) is 0 Å². The predicted octanol–water partition coefficient (Wildman–Crippen LogP) is 4.59. The molecule has 0 aliphatic rings. The lowest BCUT2D eigenvalue weighted by Gasteiger charge is -2.08. The predicted molar refractivity (Wildman–Crippen MR) is 87.8 cm³/mol. The van der Waals surface area contributed by atoms with Crippen molar-refractivity contribution in [1.29, 1.82) is 0 Å². The lowest BCUT2D eigenvalue weighted by molar-refractivity contribution is 0.738. The van der Waals surface area contributed by atoms with E-state index in [1.165, 1.54) is 41.5 Å². The molecule has 1 heteroatoms. The summed E-state index contributed by atoms with van der Waals surface area (Å²) in [5.41, 5.74) is 11.2. The Morgan fingerprint density at radius 1 is 0.950 bits per heavy atom. The molecule has 106 valence electrons. The molecule has 0 heterocycles. The van der Waals surface area contributed by atoms with Gasteiger partial charge in [0.1, 0.15) is 0 Å². The van der Waals surface area contributed by atoms with Crippen LogP contribution >= 0.6 is 0 Å². The van der Waals surface area contributed by atoms with E-state index in [2.05, 4.69) is 62.4 Å². The number of rotatable bonds is 6. The van der Waals surface area contributed by atoms with Crippen molar-refractivity contribution in [1.82, 2.24) is 0 Å². The Balaban J connectivity index is 2.14. The first kappa shape index (κ1) is 14.8. The average molecular weight is 267 g/mol. The summed E-state index contributed by atoms with van der Waals surface area (Å²) < 4.78 is 0. The summed E-state index contributed by atoms with van der Waals surface area (Å²) in [5, 5.41) is 0. The van der Waals surface area contributed by atoms with Crippen molar-refractivity contribution in [2.45, 2.75) is 45.6 Å². The van der Waals surface area contributed by atoms with Crippen LogP contribution in [0.15, 0.2) is 48.5 Å². The number of aryl methyl sites for hydroxylation is 1. The summed E-state index contributed by atoms with van der Waals surface area (Å²) in [5.74, 6) is 0. The SMILES string of the molecule is CCCCc1ccc(-c2cccc(CC(C)N)c2)cc1. The van der Waals surface area contributed by atoms with Crippen LogP contribution in [0.4, 0.5) is 0 Å².